The Kier molecular flexibility index (Phi) is 4.65. The van der Waals surface area contributed by atoms with Gasteiger partial charge in [0.1, 0.15) is 0 Å². The van der Waals surface area contributed by atoms with Crippen LogP contribution in [0.2, 0.25) is 0 Å². The van der Waals surface area contributed by atoms with Crippen molar-refractivity contribution in [2.24, 2.45) is 0 Å². The van der Waals surface area contributed by atoms with Crippen molar-refractivity contribution in [1.29, 1.82) is 0 Å². The van der Waals surface area contributed by atoms with Gasteiger partial charge in [-0.05, 0) is 17.7 Å². The van der Waals surface area contributed by atoms with Crippen LogP contribution in [0.3, 0.4) is 0 Å². The SMILES string of the molecule is Nc1cc(C(O)C(=O)O)ccc1C(=O)CCBr. The van der Waals surface area contributed by atoms with Gasteiger partial charge in [0, 0.05) is 23.0 Å². The quantitative estimate of drug-likeness (QED) is 0.433. The lowest BCUT2D eigenvalue weighted by molar-refractivity contribution is -0.146. The number of nitrogens with two attached hydrogens (primary N) is 1. The molecule has 0 radical (unpaired) electrons. The normalized spacial score (nSPS) is 12.1. The lowest BCUT2D eigenvalue weighted by atomic mass is 10.0. The number of carbonyl (C=O) groups is 2. The number of hydrogen-bond acceptors (Lipinski definition) is 4. The number of benzene rings is 1. The van der Waals surface area contributed by atoms with Crippen LogP contribution in [0, 0.1) is 0 Å². The van der Waals surface area contributed by atoms with Crippen molar-refractivity contribution in [1.82, 2.24) is 0 Å². The number of ketones is 1. The second-order valence-corrected chi connectivity index (χ2v) is 4.24. The molecule has 4 N–H and O–H groups in total. The van der Waals surface area contributed by atoms with Gasteiger partial charge < -0.3 is 15.9 Å². The molecule has 6 heteroatoms. The predicted octanol–water partition coefficient (Wildman–Crippen LogP) is 1.35. The number of alkyl halides is 1. The summed E-state index contributed by atoms with van der Waals surface area (Å²) in [7, 11) is 0. The van der Waals surface area contributed by atoms with Gasteiger partial charge in [0.2, 0.25) is 0 Å². The Morgan fingerprint density at radius 1 is 1.41 bits per heavy atom. The fourth-order valence-corrected chi connectivity index (χ4v) is 1.73. The number of anilines is 1. The Hall–Kier alpha value is -1.40. The highest BCUT2D eigenvalue weighted by Gasteiger charge is 2.18. The molecule has 0 spiro atoms. The number of halogens is 1. The molecule has 1 unspecified atom stereocenters. The van der Waals surface area contributed by atoms with Crippen molar-refractivity contribution < 1.29 is 19.8 Å². The number of rotatable bonds is 5. The maximum Gasteiger partial charge on any atom is 0.337 e. The number of carboxylic acids is 1. The van der Waals surface area contributed by atoms with Crippen molar-refractivity contribution in [3.05, 3.63) is 29.3 Å². The van der Waals surface area contributed by atoms with Crippen LogP contribution in [0.4, 0.5) is 5.69 Å². The fraction of sp³-hybridized carbons (Fsp3) is 0.273. The third-order valence-electron chi connectivity index (χ3n) is 2.25. The average Bonchev–Trinajstić information content (AvgIpc) is 2.27. The molecule has 0 heterocycles. The number of aliphatic hydroxyl groups excluding tert-OH is 1. The first kappa shape index (κ1) is 13.7. The molecule has 5 nitrogen and oxygen atoms in total. The molecule has 0 fully saturated rings. The monoisotopic (exact) mass is 301 g/mol. The average molecular weight is 302 g/mol. The number of carbonyl (C=O) groups excluding carboxylic acids is 1. The molecule has 0 bridgehead atoms. The fourth-order valence-electron chi connectivity index (χ4n) is 1.37. The molecular weight excluding hydrogens is 290 g/mol. The summed E-state index contributed by atoms with van der Waals surface area (Å²) >= 11 is 3.15. The summed E-state index contributed by atoms with van der Waals surface area (Å²) in [6, 6.07) is 4.12. The molecule has 1 aromatic carbocycles. The van der Waals surface area contributed by atoms with Crippen LogP contribution in [-0.4, -0.2) is 27.3 Å². The minimum Gasteiger partial charge on any atom is -0.479 e. The standard InChI is InChI=1S/C11H12BrNO4/c12-4-3-9(14)7-2-1-6(5-8(7)13)10(15)11(16)17/h1-2,5,10,15H,3-4,13H2,(H,16,17). The predicted molar refractivity (Wildman–Crippen MR) is 66.2 cm³/mol. The van der Waals surface area contributed by atoms with Crippen molar-refractivity contribution >= 4 is 33.4 Å². The van der Waals surface area contributed by atoms with Gasteiger partial charge in [0.05, 0.1) is 0 Å². The van der Waals surface area contributed by atoms with Gasteiger partial charge in [-0.3, -0.25) is 4.79 Å². The van der Waals surface area contributed by atoms with E-state index in [0.29, 0.717) is 17.3 Å². The lowest BCUT2D eigenvalue weighted by Gasteiger charge is -2.09. The lowest BCUT2D eigenvalue weighted by Crippen LogP contribution is -2.12. The van der Waals surface area contributed by atoms with E-state index in [1.807, 2.05) is 0 Å². The van der Waals surface area contributed by atoms with Gasteiger partial charge in [-0.1, -0.05) is 22.0 Å². The smallest absolute Gasteiger partial charge is 0.337 e. The van der Waals surface area contributed by atoms with E-state index < -0.39 is 12.1 Å². The van der Waals surface area contributed by atoms with E-state index in [-0.39, 0.29) is 17.0 Å². The molecule has 1 atom stereocenters. The molecule has 0 aliphatic carbocycles. The zero-order chi connectivity index (χ0) is 13.0. The Morgan fingerprint density at radius 2 is 2.06 bits per heavy atom. The third-order valence-corrected chi connectivity index (χ3v) is 2.64. The number of Topliss-reactive ketones (excluding diaryl/α,β-unsaturated/α-hetero) is 1. The highest BCUT2D eigenvalue weighted by atomic mass is 79.9. The topological polar surface area (TPSA) is 101 Å². The molecule has 17 heavy (non-hydrogen) atoms. The molecule has 1 aromatic rings. The third kappa shape index (κ3) is 3.28. The van der Waals surface area contributed by atoms with E-state index in [0.717, 1.165) is 0 Å². The van der Waals surface area contributed by atoms with Crippen LogP contribution in [0.5, 0.6) is 0 Å². The van der Waals surface area contributed by atoms with Crippen LogP contribution < -0.4 is 5.73 Å². The maximum atomic E-state index is 11.6. The summed E-state index contributed by atoms with van der Waals surface area (Å²) in [4.78, 5) is 22.2. The first-order chi connectivity index (χ1) is 7.97. The number of nitrogen functional groups attached to an aromatic ring is 1. The first-order valence-corrected chi connectivity index (χ1v) is 5.99. The summed E-state index contributed by atoms with van der Waals surface area (Å²) < 4.78 is 0. The first-order valence-electron chi connectivity index (χ1n) is 4.86. The minimum absolute atomic E-state index is 0.129. The van der Waals surface area contributed by atoms with Crippen LogP contribution in [-0.2, 0) is 4.79 Å². The highest BCUT2D eigenvalue weighted by Crippen LogP contribution is 2.21. The maximum absolute atomic E-state index is 11.6. The van der Waals surface area contributed by atoms with Gasteiger partial charge in [0.25, 0.3) is 0 Å². The van der Waals surface area contributed by atoms with Gasteiger partial charge in [0.15, 0.2) is 11.9 Å². The van der Waals surface area contributed by atoms with Crippen LogP contribution in [0.1, 0.15) is 28.4 Å². The Morgan fingerprint density at radius 3 is 2.53 bits per heavy atom. The zero-order valence-corrected chi connectivity index (χ0v) is 10.5. The summed E-state index contributed by atoms with van der Waals surface area (Å²) in [5.74, 6) is -1.49. The molecule has 0 saturated carbocycles. The zero-order valence-electron chi connectivity index (χ0n) is 8.89. The molecule has 0 aliphatic rings. The van der Waals surface area contributed by atoms with Crippen molar-refractivity contribution in [3.8, 4) is 0 Å². The minimum atomic E-state index is -1.63. The summed E-state index contributed by atoms with van der Waals surface area (Å²) in [6.45, 7) is 0. The number of carboxylic acid groups (broad SMARTS) is 1. The van der Waals surface area contributed by atoms with Crippen molar-refractivity contribution in [2.75, 3.05) is 11.1 Å². The van der Waals surface area contributed by atoms with Crippen LogP contribution in [0.25, 0.3) is 0 Å². The van der Waals surface area contributed by atoms with Crippen LogP contribution >= 0.6 is 15.9 Å². The van der Waals surface area contributed by atoms with Crippen LogP contribution in [0.15, 0.2) is 18.2 Å². The summed E-state index contributed by atoms with van der Waals surface area (Å²) in [5.41, 5.74) is 6.32. The molecular formula is C11H12BrNO4. The Labute approximate surface area is 106 Å². The van der Waals surface area contributed by atoms with E-state index in [2.05, 4.69) is 15.9 Å². The molecule has 92 valence electrons. The van der Waals surface area contributed by atoms with E-state index >= 15 is 0 Å². The number of hydrogen-bond donors (Lipinski definition) is 3. The molecule has 1 rings (SSSR count). The van der Waals surface area contributed by atoms with Crippen molar-refractivity contribution in [3.63, 3.8) is 0 Å². The van der Waals surface area contributed by atoms with E-state index in [9.17, 15) is 14.7 Å². The van der Waals surface area contributed by atoms with Gasteiger partial charge >= 0.3 is 5.97 Å². The van der Waals surface area contributed by atoms with E-state index in [4.69, 9.17) is 10.8 Å². The van der Waals surface area contributed by atoms with Gasteiger partial charge in [-0.2, -0.15) is 0 Å². The Bertz CT molecular complexity index is 447. The molecule has 0 saturated heterocycles. The second-order valence-electron chi connectivity index (χ2n) is 3.45. The molecule has 0 amide bonds. The van der Waals surface area contributed by atoms with Gasteiger partial charge in [-0.15, -0.1) is 0 Å². The molecule has 0 aromatic heterocycles. The Balaban J connectivity index is 3.01. The second kappa shape index (κ2) is 5.79. The van der Waals surface area contributed by atoms with Gasteiger partial charge in [-0.25, -0.2) is 4.79 Å². The summed E-state index contributed by atoms with van der Waals surface area (Å²) in [6.07, 6.45) is -1.32. The highest BCUT2D eigenvalue weighted by molar-refractivity contribution is 9.09. The largest absolute Gasteiger partial charge is 0.479 e. The van der Waals surface area contributed by atoms with Crippen molar-refractivity contribution in [2.45, 2.75) is 12.5 Å². The number of aliphatic carboxylic acids is 1. The van der Waals surface area contributed by atoms with E-state index in [1.54, 1.807) is 0 Å². The number of aliphatic hydroxyl groups is 1. The molecule has 0 aliphatic heterocycles. The van der Waals surface area contributed by atoms with E-state index in [1.165, 1.54) is 18.2 Å². The summed E-state index contributed by atoms with van der Waals surface area (Å²) in [5, 5.41) is 18.5.